The van der Waals surface area contributed by atoms with Gasteiger partial charge in [-0.2, -0.15) is 0 Å². The van der Waals surface area contributed by atoms with Gasteiger partial charge in [-0.1, -0.05) is 0 Å². The Morgan fingerprint density at radius 1 is 0.625 bits per heavy atom. The van der Waals surface area contributed by atoms with E-state index in [0.29, 0.717) is 0 Å². The molecule has 0 fully saturated rings. The molecule has 0 spiro atoms. The van der Waals surface area contributed by atoms with Gasteiger partial charge in [-0.15, -0.1) is 0 Å². The summed E-state index contributed by atoms with van der Waals surface area (Å²) in [4.78, 5) is 0. The van der Waals surface area contributed by atoms with E-state index in [1.807, 2.05) is 69.2 Å². The van der Waals surface area contributed by atoms with E-state index in [-0.39, 0.29) is 0 Å². The minimum atomic E-state index is 2.00. The standard InChI is InChI=1S/C6H6.2Li/c1-3-5-6-4-2;;/h1-6H;;. The van der Waals surface area contributed by atoms with Crippen molar-refractivity contribution in [2.24, 2.45) is 0 Å². The Kier molecular flexibility index (Phi) is 7.80. The fourth-order valence-corrected chi connectivity index (χ4v) is 0.351. The van der Waals surface area contributed by atoms with Gasteiger partial charge in [0.2, 0.25) is 0 Å². The van der Waals surface area contributed by atoms with Gasteiger partial charge in [0, 0.05) is 0 Å². The fourth-order valence-electron chi connectivity index (χ4n) is 0.351. The molecular formula is C6H6Li2. The number of hydrogen-bond donors (Lipinski definition) is 0. The van der Waals surface area contributed by atoms with Crippen LogP contribution in [0.5, 0.6) is 0 Å². The van der Waals surface area contributed by atoms with Gasteiger partial charge < -0.3 is 0 Å². The second kappa shape index (κ2) is 7.41. The monoisotopic (exact) mass is 92.1 g/mol. The molecule has 0 aliphatic carbocycles. The van der Waals surface area contributed by atoms with Crippen LogP contribution in [0.2, 0.25) is 0 Å². The predicted molar refractivity (Wildman–Crippen MR) is 38.9 cm³/mol. The van der Waals surface area contributed by atoms with Gasteiger partial charge >= 0.3 is 69.2 Å². The Morgan fingerprint density at radius 2 is 1.00 bits per heavy atom. The van der Waals surface area contributed by atoms with Crippen LogP contribution in [0.1, 0.15) is 0 Å². The molecule has 8 heavy (non-hydrogen) atoms. The Labute approximate surface area is 69.1 Å². The van der Waals surface area contributed by atoms with Crippen LogP contribution >= 0.6 is 0 Å². The minimum absolute atomic E-state index is 2.00. The first-order valence-electron chi connectivity index (χ1n) is 2.82. The molecule has 0 aliphatic heterocycles. The van der Waals surface area contributed by atoms with Gasteiger partial charge in [-0.05, 0) is 0 Å². The van der Waals surface area contributed by atoms with Crippen LogP contribution in [0, 0.1) is 0 Å². The van der Waals surface area contributed by atoms with Crippen molar-refractivity contribution in [1.82, 2.24) is 0 Å². The van der Waals surface area contributed by atoms with E-state index in [1.54, 1.807) is 0 Å². The molecule has 0 heterocycles. The third kappa shape index (κ3) is 6.41. The van der Waals surface area contributed by atoms with Crippen LogP contribution < -0.4 is 0 Å². The SMILES string of the molecule is [Li][CH]=CC=CC=[CH][Li]. The van der Waals surface area contributed by atoms with Crippen molar-refractivity contribution in [3.05, 3.63) is 33.8 Å². The Hall–Kier alpha value is 0.415. The van der Waals surface area contributed by atoms with Crippen molar-refractivity contribution < 1.29 is 0 Å². The molecule has 0 radical (unpaired) electrons. The molecule has 0 aromatic rings. The normalized spacial score (nSPS) is 13.0. The summed E-state index contributed by atoms with van der Waals surface area (Å²) in [7, 11) is 0. The van der Waals surface area contributed by atoms with E-state index in [1.165, 1.54) is 0 Å². The van der Waals surface area contributed by atoms with E-state index in [4.69, 9.17) is 0 Å². The quantitative estimate of drug-likeness (QED) is 0.350. The van der Waals surface area contributed by atoms with Crippen LogP contribution in [0.25, 0.3) is 0 Å². The molecule has 0 amide bonds. The van der Waals surface area contributed by atoms with Gasteiger partial charge in [0.25, 0.3) is 0 Å². The van der Waals surface area contributed by atoms with Crippen LogP contribution in [-0.4, -0.2) is 35.4 Å². The molecule has 0 N–H and O–H groups in total. The number of allylic oxidation sites excluding steroid dienone is 4. The van der Waals surface area contributed by atoms with E-state index >= 15 is 0 Å². The summed E-state index contributed by atoms with van der Waals surface area (Å²) >= 11 is 4.00. The summed E-state index contributed by atoms with van der Waals surface area (Å²) in [6.07, 6.45) is 8.00. The first-order chi connectivity index (χ1) is 3.91. The molecular weight excluding hydrogens is 85.9 g/mol. The average molecular weight is 92.0 g/mol. The van der Waals surface area contributed by atoms with Crippen LogP contribution in [-0.2, 0) is 0 Å². The summed E-state index contributed by atoms with van der Waals surface area (Å²) < 4.78 is 4.00. The molecule has 0 bridgehead atoms. The summed E-state index contributed by atoms with van der Waals surface area (Å²) in [6.45, 7) is 0. The Bertz CT molecular complexity index is 97.7. The van der Waals surface area contributed by atoms with Gasteiger partial charge in [0.15, 0.2) is 0 Å². The van der Waals surface area contributed by atoms with E-state index in [9.17, 15) is 0 Å². The first kappa shape index (κ1) is 8.41. The number of hydrogen-bond acceptors (Lipinski definition) is 0. The average Bonchev–Trinajstić information content (AvgIpc) is 1.81. The summed E-state index contributed by atoms with van der Waals surface area (Å²) in [6, 6.07) is 0. The molecule has 0 aromatic heterocycles. The summed E-state index contributed by atoms with van der Waals surface area (Å²) in [5, 5.41) is 0. The summed E-state index contributed by atoms with van der Waals surface area (Å²) in [5.74, 6) is 0. The molecule has 0 aliphatic rings. The Morgan fingerprint density at radius 3 is 1.25 bits per heavy atom. The zero-order valence-electron chi connectivity index (χ0n) is 5.46. The maximum atomic E-state index is 2.00. The third-order valence-electron chi connectivity index (χ3n) is 0.718. The van der Waals surface area contributed by atoms with Crippen LogP contribution in [0.15, 0.2) is 33.8 Å². The summed E-state index contributed by atoms with van der Waals surface area (Å²) in [5.41, 5.74) is 0. The van der Waals surface area contributed by atoms with Gasteiger partial charge in [-0.25, -0.2) is 0 Å². The molecule has 0 atom stereocenters. The van der Waals surface area contributed by atoms with Crippen molar-refractivity contribution in [3.63, 3.8) is 0 Å². The van der Waals surface area contributed by atoms with Crippen molar-refractivity contribution in [2.45, 2.75) is 0 Å². The van der Waals surface area contributed by atoms with Crippen molar-refractivity contribution >= 4 is 35.4 Å². The van der Waals surface area contributed by atoms with Crippen molar-refractivity contribution in [3.8, 4) is 0 Å². The van der Waals surface area contributed by atoms with E-state index in [0.717, 1.165) is 0 Å². The molecule has 0 unspecified atom stereocenters. The maximum absolute atomic E-state index is 2.00. The third-order valence-corrected chi connectivity index (χ3v) is 0.718. The molecule has 0 saturated carbocycles. The zero-order chi connectivity index (χ0) is 6.24. The molecule has 0 saturated heterocycles. The Balaban J connectivity index is 3.35. The molecule has 0 aromatic carbocycles. The van der Waals surface area contributed by atoms with Gasteiger partial charge in [0.05, 0.1) is 0 Å². The zero-order valence-corrected chi connectivity index (χ0v) is 5.46. The molecule has 32 valence electrons. The van der Waals surface area contributed by atoms with Gasteiger partial charge in [-0.3, -0.25) is 0 Å². The second-order valence-electron chi connectivity index (χ2n) is 1.44. The molecule has 0 nitrogen and oxygen atoms in total. The second-order valence-corrected chi connectivity index (χ2v) is 1.44. The van der Waals surface area contributed by atoms with Crippen LogP contribution in [0.3, 0.4) is 0 Å². The molecule has 2 heteroatoms. The van der Waals surface area contributed by atoms with Crippen molar-refractivity contribution in [1.29, 1.82) is 0 Å². The van der Waals surface area contributed by atoms with E-state index < -0.39 is 0 Å². The van der Waals surface area contributed by atoms with Crippen LogP contribution in [0.4, 0.5) is 0 Å². The topological polar surface area (TPSA) is 0 Å². The van der Waals surface area contributed by atoms with Crippen molar-refractivity contribution in [2.75, 3.05) is 0 Å². The fraction of sp³-hybridized carbons (Fsp3) is 0. The number of rotatable bonds is 2. The molecule has 0 rings (SSSR count). The van der Waals surface area contributed by atoms with E-state index in [2.05, 4.69) is 0 Å². The predicted octanol–water partition coefficient (Wildman–Crippen LogP) is 0.907. The van der Waals surface area contributed by atoms with Gasteiger partial charge in [0.1, 0.15) is 0 Å². The first-order valence-corrected chi connectivity index (χ1v) is 2.82.